The Hall–Kier alpha value is -2.80. The predicted octanol–water partition coefficient (Wildman–Crippen LogP) is 1.64. The maximum absolute atomic E-state index is 12.3. The minimum Gasteiger partial charge on any atom is -0.484 e. The first-order valence-corrected chi connectivity index (χ1v) is 8.13. The van der Waals surface area contributed by atoms with Crippen LogP contribution in [0.1, 0.15) is 39.6 Å². The van der Waals surface area contributed by atoms with E-state index < -0.39 is 0 Å². The lowest BCUT2D eigenvalue weighted by atomic mass is 10.1. The standard InChI is InChI=1S/C18H21N3O4/c1-11(12-6-4-3-5-7-12)25-15-8-14(21-16(15)18(23)19-2)17(22)20-13-9-24-10-13/h3-8,11,13,21H,9-10H2,1-2H3,(H,19,23)(H,20,22). The molecule has 7 nitrogen and oxygen atoms in total. The smallest absolute Gasteiger partial charge is 0.271 e. The highest BCUT2D eigenvalue weighted by atomic mass is 16.5. The van der Waals surface area contributed by atoms with E-state index in [0.717, 1.165) is 5.56 Å². The molecule has 3 rings (SSSR count). The summed E-state index contributed by atoms with van der Waals surface area (Å²) in [7, 11) is 1.53. The number of rotatable bonds is 6. The van der Waals surface area contributed by atoms with Gasteiger partial charge in [0.25, 0.3) is 11.8 Å². The molecular weight excluding hydrogens is 322 g/mol. The molecule has 2 aromatic rings. The molecule has 0 aliphatic carbocycles. The fourth-order valence-corrected chi connectivity index (χ4v) is 2.51. The summed E-state index contributed by atoms with van der Waals surface area (Å²) >= 11 is 0. The van der Waals surface area contributed by atoms with E-state index in [4.69, 9.17) is 9.47 Å². The van der Waals surface area contributed by atoms with Gasteiger partial charge in [-0.1, -0.05) is 30.3 Å². The zero-order valence-electron chi connectivity index (χ0n) is 14.2. The van der Waals surface area contributed by atoms with E-state index in [9.17, 15) is 9.59 Å². The molecule has 1 saturated heterocycles. The Morgan fingerprint density at radius 2 is 1.96 bits per heavy atom. The third-order valence-corrected chi connectivity index (χ3v) is 4.03. The maximum Gasteiger partial charge on any atom is 0.271 e. The Kier molecular flexibility index (Phi) is 5.04. The normalized spacial score (nSPS) is 15.1. The van der Waals surface area contributed by atoms with Gasteiger partial charge in [-0.05, 0) is 12.5 Å². The molecule has 25 heavy (non-hydrogen) atoms. The van der Waals surface area contributed by atoms with Crippen molar-refractivity contribution < 1.29 is 19.1 Å². The third-order valence-electron chi connectivity index (χ3n) is 4.03. The van der Waals surface area contributed by atoms with Gasteiger partial charge in [0.1, 0.15) is 17.5 Å². The SMILES string of the molecule is CNC(=O)c1[nH]c(C(=O)NC2COC2)cc1OC(C)c1ccccc1. The molecular formula is C18H21N3O4. The number of hydrogen-bond donors (Lipinski definition) is 3. The first-order valence-electron chi connectivity index (χ1n) is 8.13. The lowest BCUT2D eigenvalue weighted by Gasteiger charge is -2.26. The highest BCUT2D eigenvalue weighted by Gasteiger charge is 2.25. The quantitative estimate of drug-likeness (QED) is 0.743. The summed E-state index contributed by atoms with van der Waals surface area (Å²) in [5.74, 6) is -0.298. The van der Waals surface area contributed by atoms with Gasteiger partial charge in [0.15, 0.2) is 5.75 Å². The van der Waals surface area contributed by atoms with Crippen molar-refractivity contribution in [3.05, 3.63) is 53.3 Å². The van der Waals surface area contributed by atoms with E-state index >= 15 is 0 Å². The summed E-state index contributed by atoms with van der Waals surface area (Å²) in [6.45, 7) is 2.90. The lowest BCUT2D eigenvalue weighted by Crippen LogP contribution is -2.48. The molecule has 2 amide bonds. The number of amides is 2. The van der Waals surface area contributed by atoms with Crippen LogP contribution in [0.25, 0.3) is 0 Å². The molecule has 1 aliphatic heterocycles. The van der Waals surface area contributed by atoms with Crippen LogP contribution >= 0.6 is 0 Å². The topological polar surface area (TPSA) is 92.5 Å². The number of ether oxygens (including phenoxy) is 2. The largest absolute Gasteiger partial charge is 0.484 e. The van der Waals surface area contributed by atoms with E-state index in [1.807, 2.05) is 37.3 Å². The van der Waals surface area contributed by atoms with E-state index in [-0.39, 0.29) is 35.3 Å². The highest BCUT2D eigenvalue weighted by molar-refractivity contribution is 5.99. The van der Waals surface area contributed by atoms with Crippen LogP contribution in [-0.4, -0.2) is 43.1 Å². The van der Waals surface area contributed by atoms with Crippen molar-refractivity contribution in [3.63, 3.8) is 0 Å². The molecule has 1 aliphatic rings. The van der Waals surface area contributed by atoms with Crippen molar-refractivity contribution in [2.75, 3.05) is 20.3 Å². The van der Waals surface area contributed by atoms with E-state index in [0.29, 0.717) is 19.0 Å². The fourth-order valence-electron chi connectivity index (χ4n) is 2.51. The molecule has 1 aromatic carbocycles. The van der Waals surface area contributed by atoms with Crippen molar-refractivity contribution in [2.45, 2.75) is 19.1 Å². The molecule has 2 heterocycles. The first kappa shape index (κ1) is 17.0. The van der Waals surface area contributed by atoms with Crippen LogP contribution in [0.4, 0.5) is 0 Å². The third kappa shape index (κ3) is 3.83. The van der Waals surface area contributed by atoms with Gasteiger partial charge in [-0.15, -0.1) is 0 Å². The molecule has 1 fully saturated rings. The van der Waals surface area contributed by atoms with Gasteiger partial charge < -0.3 is 25.1 Å². The number of nitrogens with one attached hydrogen (secondary N) is 3. The number of carbonyl (C=O) groups is 2. The Labute approximate surface area is 145 Å². The van der Waals surface area contributed by atoms with Gasteiger partial charge in [0.2, 0.25) is 0 Å². The summed E-state index contributed by atoms with van der Waals surface area (Å²) < 4.78 is 11.0. The molecule has 1 unspecified atom stereocenters. The summed E-state index contributed by atoms with van der Waals surface area (Å²) in [5.41, 5.74) is 1.48. The molecule has 0 saturated carbocycles. The van der Waals surface area contributed by atoms with Crippen LogP contribution in [0.3, 0.4) is 0 Å². The molecule has 3 N–H and O–H groups in total. The Morgan fingerprint density at radius 3 is 2.56 bits per heavy atom. The Bertz CT molecular complexity index is 753. The second kappa shape index (κ2) is 7.40. The monoisotopic (exact) mass is 343 g/mol. The van der Waals surface area contributed by atoms with Crippen molar-refractivity contribution in [2.24, 2.45) is 0 Å². The second-order valence-electron chi connectivity index (χ2n) is 5.88. The van der Waals surface area contributed by atoms with Gasteiger partial charge in [-0.3, -0.25) is 9.59 Å². The molecule has 7 heteroatoms. The fraction of sp³-hybridized carbons (Fsp3) is 0.333. The van der Waals surface area contributed by atoms with Crippen LogP contribution in [0.5, 0.6) is 5.75 Å². The number of carbonyl (C=O) groups excluding carboxylic acids is 2. The predicted molar refractivity (Wildman–Crippen MR) is 91.7 cm³/mol. The summed E-state index contributed by atoms with van der Waals surface area (Å²) in [4.78, 5) is 27.3. The molecule has 132 valence electrons. The van der Waals surface area contributed by atoms with Gasteiger partial charge >= 0.3 is 0 Å². The maximum atomic E-state index is 12.3. The molecule has 1 atom stereocenters. The van der Waals surface area contributed by atoms with Crippen LogP contribution in [0, 0.1) is 0 Å². The van der Waals surface area contributed by atoms with Crippen LogP contribution in [0.15, 0.2) is 36.4 Å². The number of benzene rings is 1. The second-order valence-corrected chi connectivity index (χ2v) is 5.88. The Morgan fingerprint density at radius 1 is 1.24 bits per heavy atom. The molecule has 0 radical (unpaired) electrons. The van der Waals surface area contributed by atoms with E-state index in [2.05, 4.69) is 15.6 Å². The summed E-state index contributed by atoms with van der Waals surface area (Å²) in [6.07, 6.45) is -0.267. The zero-order chi connectivity index (χ0) is 17.8. The minimum atomic E-state index is -0.346. The highest BCUT2D eigenvalue weighted by Crippen LogP contribution is 2.26. The van der Waals surface area contributed by atoms with Gasteiger partial charge in [-0.25, -0.2) is 0 Å². The van der Waals surface area contributed by atoms with Crippen molar-refractivity contribution in [1.29, 1.82) is 0 Å². The lowest BCUT2D eigenvalue weighted by molar-refractivity contribution is -0.00354. The molecule has 0 spiro atoms. The van der Waals surface area contributed by atoms with Gasteiger partial charge in [0.05, 0.1) is 19.3 Å². The molecule has 1 aromatic heterocycles. The average Bonchev–Trinajstić information content (AvgIpc) is 3.02. The van der Waals surface area contributed by atoms with Crippen molar-refractivity contribution >= 4 is 11.8 Å². The average molecular weight is 343 g/mol. The van der Waals surface area contributed by atoms with E-state index in [1.165, 1.54) is 7.05 Å². The summed E-state index contributed by atoms with van der Waals surface area (Å²) in [5, 5.41) is 5.38. The van der Waals surface area contributed by atoms with Crippen LogP contribution in [0.2, 0.25) is 0 Å². The van der Waals surface area contributed by atoms with Crippen LogP contribution < -0.4 is 15.4 Å². The van der Waals surface area contributed by atoms with Gasteiger partial charge in [0, 0.05) is 13.1 Å². The molecule has 0 bridgehead atoms. The number of aromatic nitrogens is 1. The van der Waals surface area contributed by atoms with E-state index in [1.54, 1.807) is 6.07 Å². The first-order chi connectivity index (χ1) is 12.1. The number of hydrogen-bond acceptors (Lipinski definition) is 4. The number of H-pyrrole nitrogens is 1. The van der Waals surface area contributed by atoms with Crippen molar-refractivity contribution in [1.82, 2.24) is 15.6 Å². The van der Waals surface area contributed by atoms with Crippen LogP contribution in [-0.2, 0) is 4.74 Å². The van der Waals surface area contributed by atoms with Crippen molar-refractivity contribution in [3.8, 4) is 5.75 Å². The Balaban J connectivity index is 1.80. The van der Waals surface area contributed by atoms with Gasteiger partial charge in [-0.2, -0.15) is 0 Å². The zero-order valence-corrected chi connectivity index (χ0v) is 14.2. The minimum absolute atomic E-state index is 0.00635. The summed E-state index contributed by atoms with van der Waals surface area (Å²) in [6, 6.07) is 11.2. The number of aromatic amines is 1.